The molecule has 0 radical (unpaired) electrons. The molecule has 0 bridgehead atoms. The minimum Gasteiger partial charge on any atom is -0.507 e. The van der Waals surface area contributed by atoms with Gasteiger partial charge in [0.25, 0.3) is 5.78 Å². The lowest BCUT2D eigenvalue weighted by Gasteiger charge is -2.23. The second-order valence-corrected chi connectivity index (χ2v) is 9.70. The lowest BCUT2D eigenvalue weighted by atomic mass is 9.95. The molecule has 1 aliphatic rings. The maximum atomic E-state index is 13.4. The predicted octanol–water partition coefficient (Wildman–Crippen LogP) is 6.19. The number of benzene rings is 3. The van der Waals surface area contributed by atoms with Crippen LogP contribution in [-0.2, 0) is 16.0 Å². The Morgan fingerprint density at radius 1 is 1.03 bits per heavy atom. The first-order valence-electron chi connectivity index (χ1n) is 11.9. The van der Waals surface area contributed by atoms with Crippen LogP contribution in [0, 0.1) is 6.92 Å². The van der Waals surface area contributed by atoms with Gasteiger partial charge in [-0.15, -0.1) is 0 Å². The highest BCUT2D eigenvalue weighted by Crippen LogP contribution is 2.44. The Kier molecular flexibility index (Phi) is 6.33. The summed E-state index contributed by atoms with van der Waals surface area (Å²) in [6, 6.07) is 19.7. The topological polar surface area (TPSA) is 79.7 Å². The lowest BCUT2D eigenvalue weighted by Crippen LogP contribution is -2.29. The molecule has 1 N–H and O–H groups in total. The van der Waals surface area contributed by atoms with Crippen molar-refractivity contribution in [3.8, 4) is 5.75 Å². The highest BCUT2D eigenvalue weighted by Gasteiger charge is 2.48. The zero-order valence-corrected chi connectivity index (χ0v) is 21.1. The van der Waals surface area contributed by atoms with Gasteiger partial charge >= 0.3 is 5.91 Å². The molecule has 5 rings (SSSR count). The molecular formula is C29H26N2O4S. The molecule has 7 heteroatoms. The third-order valence-corrected chi connectivity index (χ3v) is 7.35. The number of hydrogen-bond donors (Lipinski definition) is 1. The van der Waals surface area contributed by atoms with Crippen molar-refractivity contribution in [3.05, 3.63) is 94.6 Å². The van der Waals surface area contributed by atoms with Gasteiger partial charge < -0.3 is 9.84 Å². The van der Waals surface area contributed by atoms with Crippen LogP contribution in [0.5, 0.6) is 5.75 Å². The van der Waals surface area contributed by atoms with E-state index in [9.17, 15) is 14.7 Å². The number of Topliss-reactive ketones (excluding diaryl/α,β-unsaturated/α-hetero) is 1. The van der Waals surface area contributed by atoms with Gasteiger partial charge in [0.1, 0.15) is 11.5 Å². The summed E-state index contributed by atoms with van der Waals surface area (Å²) in [6.07, 6.45) is 0.888. The van der Waals surface area contributed by atoms with Crippen molar-refractivity contribution in [1.29, 1.82) is 0 Å². The molecule has 36 heavy (non-hydrogen) atoms. The van der Waals surface area contributed by atoms with Gasteiger partial charge in [0.05, 0.1) is 28.4 Å². The molecule has 0 saturated carbocycles. The van der Waals surface area contributed by atoms with Crippen molar-refractivity contribution in [2.75, 3.05) is 11.5 Å². The van der Waals surface area contributed by atoms with Gasteiger partial charge in [-0.05, 0) is 67.8 Å². The van der Waals surface area contributed by atoms with Gasteiger partial charge in [-0.2, -0.15) is 0 Å². The Labute approximate surface area is 213 Å². The van der Waals surface area contributed by atoms with Gasteiger partial charge in [-0.25, -0.2) is 4.98 Å². The summed E-state index contributed by atoms with van der Waals surface area (Å²) < 4.78 is 6.44. The minimum atomic E-state index is -0.802. The molecule has 1 amide bonds. The van der Waals surface area contributed by atoms with E-state index in [0.29, 0.717) is 23.1 Å². The minimum absolute atomic E-state index is 0.0431. The molecule has 1 fully saturated rings. The van der Waals surface area contributed by atoms with Crippen molar-refractivity contribution in [1.82, 2.24) is 4.98 Å². The van der Waals surface area contributed by atoms with Gasteiger partial charge in [0.15, 0.2) is 5.13 Å². The summed E-state index contributed by atoms with van der Waals surface area (Å²) in [5, 5.41) is 11.7. The molecule has 1 saturated heterocycles. The highest BCUT2D eigenvalue weighted by atomic mass is 32.1. The summed E-state index contributed by atoms with van der Waals surface area (Å²) >= 11 is 1.37. The molecule has 0 spiro atoms. The predicted molar refractivity (Wildman–Crippen MR) is 143 cm³/mol. The molecule has 2 heterocycles. The number of amides is 1. The number of nitrogens with zero attached hydrogens (tertiary/aromatic N) is 2. The molecule has 4 aromatic rings. The Bertz CT molecular complexity index is 1490. The summed E-state index contributed by atoms with van der Waals surface area (Å²) in [5.74, 6) is -1.01. The monoisotopic (exact) mass is 498 g/mol. The number of rotatable bonds is 6. The van der Waals surface area contributed by atoms with Crippen LogP contribution in [-0.4, -0.2) is 28.4 Å². The summed E-state index contributed by atoms with van der Waals surface area (Å²) in [5.41, 5.74) is 4.19. The molecule has 1 aliphatic heterocycles. The number of hydrogen-bond acceptors (Lipinski definition) is 6. The van der Waals surface area contributed by atoms with E-state index in [4.69, 9.17) is 9.72 Å². The van der Waals surface area contributed by atoms with Crippen LogP contribution < -0.4 is 9.64 Å². The van der Waals surface area contributed by atoms with E-state index in [1.54, 1.807) is 24.3 Å². The zero-order chi connectivity index (χ0) is 25.4. The molecular weight excluding hydrogens is 472 g/mol. The van der Waals surface area contributed by atoms with Gasteiger partial charge in [-0.1, -0.05) is 54.2 Å². The lowest BCUT2D eigenvalue weighted by molar-refractivity contribution is -0.132. The smallest absolute Gasteiger partial charge is 0.301 e. The number of carbonyl (C=O) groups is 2. The fourth-order valence-corrected chi connectivity index (χ4v) is 5.46. The number of ketones is 1. The van der Waals surface area contributed by atoms with Crippen LogP contribution in [0.2, 0.25) is 0 Å². The normalized spacial score (nSPS) is 17.2. The SMILES string of the molecule is CCOc1ccc(C(O)=C2C(=O)C(=O)N(c3nc4ccc(CC)cc4s3)C2c2ccc(C)cc2)cc1. The van der Waals surface area contributed by atoms with Crippen LogP contribution in [0.4, 0.5) is 5.13 Å². The molecule has 182 valence electrons. The van der Waals surface area contributed by atoms with E-state index < -0.39 is 17.7 Å². The summed E-state index contributed by atoms with van der Waals surface area (Å²) in [4.78, 5) is 32.9. The highest BCUT2D eigenvalue weighted by molar-refractivity contribution is 7.22. The first-order chi connectivity index (χ1) is 17.4. The first-order valence-corrected chi connectivity index (χ1v) is 12.7. The quantitative estimate of drug-likeness (QED) is 0.195. The van der Waals surface area contributed by atoms with Gasteiger partial charge in [0, 0.05) is 5.56 Å². The van der Waals surface area contributed by atoms with Crippen LogP contribution in [0.15, 0.2) is 72.3 Å². The van der Waals surface area contributed by atoms with E-state index in [-0.39, 0.29) is 11.3 Å². The van der Waals surface area contributed by atoms with Crippen LogP contribution in [0.1, 0.15) is 42.1 Å². The van der Waals surface area contributed by atoms with Crippen molar-refractivity contribution >= 4 is 44.1 Å². The standard InChI is InChI=1S/C29H26N2O4S/c1-4-18-8-15-22-23(16-18)36-29(30-22)31-25(19-9-6-17(3)7-10-19)24(27(33)28(31)34)26(32)20-11-13-21(14-12-20)35-5-2/h6-16,25,32H,4-5H2,1-3H3. The Morgan fingerprint density at radius 2 is 1.75 bits per heavy atom. The van der Waals surface area contributed by atoms with E-state index >= 15 is 0 Å². The van der Waals surface area contributed by atoms with Crippen molar-refractivity contribution in [2.45, 2.75) is 33.2 Å². The largest absolute Gasteiger partial charge is 0.507 e. The molecule has 1 unspecified atom stereocenters. The number of aryl methyl sites for hydroxylation is 2. The maximum Gasteiger partial charge on any atom is 0.301 e. The Balaban J connectivity index is 1.67. The third-order valence-electron chi connectivity index (χ3n) is 6.33. The first kappa shape index (κ1) is 23.8. The number of anilines is 1. The molecule has 3 aromatic carbocycles. The Hall–Kier alpha value is -3.97. The number of aromatic nitrogens is 1. The summed E-state index contributed by atoms with van der Waals surface area (Å²) in [6.45, 7) is 6.47. The second kappa shape index (κ2) is 9.59. The van der Waals surface area contributed by atoms with E-state index in [1.807, 2.05) is 50.2 Å². The fraction of sp³-hybridized carbons (Fsp3) is 0.207. The van der Waals surface area contributed by atoms with Crippen LogP contribution >= 0.6 is 11.3 Å². The van der Waals surface area contributed by atoms with E-state index in [2.05, 4.69) is 13.0 Å². The average Bonchev–Trinajstić information content (AvgIpc) is 3.42. The fourth-order valence-electron chi connectivity index (χ4n) is 4.40. The van der Waals surface area contributed by atoms with Crippen molar-refractivity contribution < 1.29 is 19.4 Å². The molecule has 1 atom stereocenters. The zero-order valence-electron chi connectivity index (χ0n) is 20.3. The van der Waals surface area contributed by atoms with Crippen molar-refractivity contribution in [2.24, 2.45) is 0 Å². The number of thiazole rings is 1. The Morgan fingerprint density at radius 3 is 2.42 bits per heavy atom. The molecule has 6 nitrogen and oxygen atoms in total. The second-order valence-electron chi connectivity index (χ2n) is 8.69. The third kappa shape index (κ3) is 4.16. The number of carbonyl (C=O) groups excluding carboxylic acids is 2. The van der Waals surface area contributed by atoms with Crippen LogP contribution in [0.25, 0.3) is 16.0 Å². The van der Waals surface area contributed by atoms with E-state index in [1.165, 1.54) is 21.8 Å². The maximum absolute atomic E-state index is 13.4. The van der Waals surface area contributed by atoms with E-state index in [0.717, 1.165) is 27.8 Å². The number of aliphatic hydroxyl groups excluding tert-OH is 1. The average molecular weight is 499 g/mol. The number of aliphatic hydroxyl groups is 1. The summed E-state index contributed by atoms with van der Waals surface area (Å²) in [7, 11) is 0. The molecule has 1 aromatic heterocycles. The number of ether oxygens (including phenoxy) is 1. The van der Waals surface area contributed by atoms with Gasteiger partial charge in [-0.3, -0.25) is 14.5 Å². The number of fused-ring (bicyclic) bond motifs is 1. The van der Waals surface area contributed by atoms with Crippen LogP contribution in [0.3, 0.4) is 0 Å². The molecule has 0 aliphatic carbocycles. The van der Waals surface area contributed by atoms with Crippen molar-refractivity contribution in [3.63, 3.8) is 0 Å². The van der Waals surface area contributed by atoms with Gasteiger partial charge in [0.2, 0.25) is 0 Å².